The number of amides is 1. The summed E-state index contributed by atoms with van der Waals surface area (Å²) in [5.74, 6) is -0.0934. The van der Waals surface area contributed by atoms with E-state index >= 15 is 0 Å². The second-order valence-electron chi connectivity index (χ2n) is 9.50. The molecule has 0 unspecified atom stereocenters. The molecule has 2 aromatic carbocycles. The van der Waals surface area contributed by atoms with E-state index < -0.39 is 41.7 Å². The van der Waals surface area contributed by atoms with Crippen molar-refractivity contribution in [1.82, 2.24) is 0 Å². The van der Waals surface area contributed by atoms with E-state index in [4.69, 9.17) is 18.6 Å². The van der Waals surface area contributed by atoms with Gasteiger partial charge in [-0.2, -0.15) is 0 Å². The van der Waals surface area contributed by atoms with Gasteiger partial charge in [0.25, 0.3) is 5.91 Å². The molecular weight excluding hydrogens is 498 g/mol. The van der Waals surface area contributed by atoms with Crippen LogP contribution in [0.3, 0.4) is 0 Å². The number of anilines is 1. The molecule has 9 nitrogen and oxygen atoms in total. The number of ether oxygens (including phenoxy) is 3. The van der Waals surface area contributed by atoms with Gasteiger partial charge in [0, 0.05) is 22.8 Å². The van der Waals surface area contributed by atoms with Crippen molar-refractivity contribution in [3.63, 3.8) is 0 Å². The highest BCUT2D eigenvalue weighted by Crippen LogP contribution is 2.35. The van der Waals surface area contributed by atoms with Crippen LogP contribution in [0, 0.1) is 6.92 Å². The van der Waals surface area contributed by atoms with Gasteiger partial charge in [0.1, 0.15) is 35.3 Å². The van der Waals surface area contributed by atoms with E-state index in [1.807, 2.05) is 24.3 Å². The number of rotatable bonds is 5. The maximum absolute atomic E-state index is 12.8. The molecule has 2 aromatic heterocycles. The Kier molecular flexibility index (Phi) is 6.55. The Morgan fingerprint density at radius 1 is 1.08 bits per heavy atom. The standard InChI is InChI=1S/C27H27NO8S/c1-13-17(34-26-21(30)20(29)23(33-4)27(2,3)36-26)10-9-15-11-16(25(32)35-22(13)15)28-24(31)19-12-14-7-5-6-8-18(14)37-19/h5-12,20-21,23,26,29-30H,1-4H3,(H,28,31)/t20-,21-,23+,26+/m0/s1. The second-order valence-corrected chi connectivity index (χ2v) is 10.6. The van der Waals surface area contributed by atoms with Crippen LogP contribution in [-0.2, 0) is 9.47 Å². The van der Waals surface area contributed by atoms with Gasteiger partial charge in [-0.25, -0.2) is 4.79 Å². The zero-order valence-electron chi connectivity index (χ0n) is 20.7. The molecule has 4 aromatic rings. The summed E-state index contributed by atoms with van der Waals surface area (Å²) in [5, 5.41) is 25.2. The SMILES string of the molecule is CO[C@@H]1[C@@H](O)[C@H](O)[C@H](Oc2ccc3cc(NC(=O)c4cc5ccccc5s4)c(=O)oc3c2C)OC1(C)C. The minimum atomic E-state index is -1.37. The number of aliphatic hydroxyl groups is 2. The fraction of sp³-hybridized carbons (Fsp3) is 0.333. The maximum Gasteiger partial charge on any atom is 0.360 e. The first-order valence-corrected chi connectivity index (χ1v) is 12.5. The number of aliphatic hydroxyl groups excluding tert-OH is 2. The third-order valence-electron chi connectivity index (χ3n) is 6.54. The van der Waals surface area contributed by atoms with Gasteiger partial charge in [-0.15, -0.1) is 11.3 Å². The molecule has 10 heteroatoms. The van der Waals surface area contributed by atoms with Gasteiger partial charge in [0.2, 0.25) is 6.29 Å². The first kappa shape index (κ1) is 25.4. The average molecular weight is 526 g/mol. The molecule has 0 saturated carbocycles. The van der Waals surface area contributed by atoms with Gasteiger partial charge in [0.05, 0.1) is 10.5 Å². The third-order valence-corrected chi connectivity index (χ3v) is 7.65. The van der Waals surface area contributed by atoms with Crippen LogP contribution in [0.4, 0.5) is 5.69 Å². The average Bonchev–Trinajstić information content (AvgIpc) is 3.30. The summed E-state index contributed by atoms with van der Waals surface area (Å²) >= 11 is 1.34. The Bertz CT molecular complexity index is 1510. The first-order valence-electron chi connectivity index (χ1n) is 11.7. The summed E-state index contributed by atoms with van der Waals surface area (Å²) in [6, 6.07) is 14.3. The molecule has 1 aliphatic heterocycles. The van der Waals surface area contributed by atoms with Gasteiger partial charge in [-0.1, -0.05) is 18.2 Å². The lowest BCUT2D eigenvalue weighted by molar-refractivity contribution is -0.306. The Balaban J connectivity index is 1.40. The van der Waals surface area contributed by atoms with Crippen molar-refractivity contribution in [2.45, 2.75) is 51.0 Å². The lowest BCUT2D eigenvalue weighted by atomic mass is 9.89. The molecule has 5 rings (SSSR count). The van der Waals surface area contributed by atoms with Crippen molar-refractivity contribution in [3.05, 3.63) is 69.4 Å². The number of nitrogens with one attached hydrogen (secondary N) is 1. The van der Waals surface area contributed by atoms with Crippen molar-refractivity contribution >= 4 is 44.0 Å². The van der Waals surface area contributed by atoms with E-state index in [0.29, 0.717) is 21.6 Å². The number of carbonyl (C=O) groups is 1. The molecule has 1 amide bonds. The fourth-order valence-electron chi connectivity index (χ4n) is 4.63. The highest BCUT2D eigenvalue weighted by atomic mass is 32.1. The van der Waals surface area contributed by atoms with Crippen molar-refractivity contribution in [2.75, 3.05) is 12.4 Å². The molecular formula is C27H27NO8S. The molecule has 0 radical (unpaired) electrons. The molecule has 1 saturated heterocycles. The summed E-state index contributed by atoms with van der Waals surface area (Å²) < 4.78 is 23.6. The van der Waals surface area contributed by atoms with Gasteiger partial charge < -0.3 is 34.2 Å². The van der Waals surface area contributed by atoms with Crippen LogP contribution in [0.15, 0.2) is 57.7 Å². The minimum Gasteiger partial charge on any atom is -0.462 e. The maximum atomic E-state index is 12.8. The monoisotopic (exact) mass is 525 g/mol. The number of hydrogen-bond acceptors (Lipinski definition) is 9. The number of carbonyl (C=O) groups excluding carboxylic acids is 1. The van der Waals surface area contributed by atoms with Crippen LogP contribution in [0.1, 0.15) is 29.1 Å². The summed E-state index contributed by atoms with van der Waals surface area (Å²) in [6.45, 7) is 5.16. The van der Waals surface area contributed by atoms with E-state index in [1.54, 1.807) is 45.0 Å². The Morgan fingerprint density at radius 3 is 2.57 bits per heavy atom. The molecule has 0 spiro atoms. The molecule has 1 fully saturated rings. The summed E-state index contributed by atoms with van der Waals surface area (Å²) in [5.41, 5.74) is -0.868. The highest BCUT2D eigenvalue weighted by Gasteiger charge is 2.50. The summed E-state index contributed by atoms with van der Waals surface area (Å²) in [6.07, 6.45) is -4.53. The van der Waals surface area contributed by atoms with Crippen molar-refractivity contribution in [1.29, 1.82) is 0 Å². The molecule has 1 aliphatic rings. The van der Waals surface area contributed by atoms with Crippen LogP contribution in [0.5, 0.6) is 5.75 Å². The summed E-state index contributed by atoms with van der Waals surface area (Å²) in [7, 11) is 1.43. The van der Waals surface area contributed by atoms with E-state index in [2.05, 4.69) is 5.32 Å². The van der Waals surface area contributed by atoms with E-state index in [1.165, 1.54) is 18.4 Å². The number of aryl methyl sites for hydroxylation is 1. The molecule has 4 atom stereocenters. The van der Waals surface area contributed by atoms with Crippen molar-refractivity contribution < 1.29 is 33.6 Å². The Morgan fingerprint density at radius 2 is 1.84 bits per heavy atom. The smallest absolute Gasteiger partial charge is 0.360 e. The topological polar surface area (TPSA) is 127 Å². The van der Waals surface area contributed by atoms with E-state index in [-0.39, 0.29) is 11.3 Å². The predicted molar refractivity (Wildman–Crippen MR) is 139 cm³/mol. The second kappa shape index (κ2) is 9.55. The van der Waals surface area contributed by atoms with E-state index in [0.717, 1.165) is 10.1 Å². The molecule has 194 valence electrons. The molecule has 3 N–H and O–H groups in total. The van der Waals surface area contributed by atoms with Crippen LogP contribution in [-0.4, -0.2) is 53.4 Å². The fourth-order valence-corrected chi connectivity index (χ4v) is 5.59. The van der Waals surface area contributed by atoms with Gasteiger partial charge >= 0.3 is 5.63 Å². The predicted octanol–water partition coefficient (Wildman–Crippen LogP) is 3.82. The number of benzene rings is 2. The number of fused-ring (bicyclic) bond motifs is 2. The van der Waals surface area contributed by atoms with Crippen molar-refractivity contribution in [2.24, 2.45) is 0 Å². The quantitative estimate of drug-likeness (QED) is 0.336. The van der Waals surface area contributed by atoms with Crippen LogP contribution < -0.4 is 15.7 Å². The zero-order chi connectivity index (χ0) is 26.5. The van der Waals surface area contributed by atoms with Gasteiger partial charge in [0.15, 0.2) is 0 Å². The molecule has 0 bridgehead atoms. The van der Waals surface area contributed by atoms with E-state index in [9.17, 15) is 19.8 Å². The minimum absolute atomic E-state index is 0.0181. The number of thiophene rings is 1. The normalized spacial score (nSPS) is 23.3. The molecule has 37 heavy (non-hydrogen) atoms. The summed E-state index contributed by atoms with van der Waals surface area (Å²) in [4.78, 5) is 26.0. The zero-order valence-corrected chi connectivity index (χ0v) is 21.5. The Hall–Kier alpha value is -3.28. The van der Waals surface area contributed by atoms with Crippen molar-refractivity contribution in [3.8, 4) is 5.75 Å². The lowest BCUT2D eigenvalue weighted by Crippen LogP contribution is -2.63. The molecule has 0 aliphatic carbocycles. The largest absolute Gasteiger partial charge is 0.462 e. The number of methoxy groups -OCH3 is 1. The molecule has 3 heterocycles. The first-order chi connectivity index (χ1) is 17.6. The van der Waals surface area contributed by atoms with Gasteiger partial charge in [-0.3, -0.25) is 4.79 Å². The van der Waals surface area contributed by atoms with Crippen LogP contribution in [0.25, 0.3) is 21.1 Å². The van der Waals surface area contributed by atoms with Crippen LogP contribution in [0.2, 0.25) is 0 Å². The highest BCUT2D eigenvalue weighted by molar-refractivity contribution is 7.20. The lowest BCUT2D eigenvalue weighted by Gasteiger charge is -2.46. The van der Waals surface area contributed by atoms with Gasteiger partial charge in [-0.05, 0) is 56.5 Å². The Labute approximate surface area is 216 Å². The third kappa shape index (κ3) is 4.62. The van der Waals surface area contributed by atoms with Crippen LogP contribution >= 0.6 is 11.3 Å². The number of hydrogen-bond donors (Lipinski definition) is 3.